The summed E-state index contributed by atoms with van der Waals surface area (Å²) in [5.74, 6) is -0.847. The van der Waals surface area contributed by atoms with Crippen LogP contribution in [0.4, 0.5) is 10.1 Å². The molecule has 0 heterocycles. The van der Waals surface area contributed by atoms with Gasteiger partial charge in [-0.25, -0.2) is 4.39 Å². The van der Waals surface area contributed by atoms with Crippen LogP contribution >= 0.6 is 0 Å². The van der Waals surface area contributed by atoms with Gasteiger partial charge in [0, 0.05) is 16.8 Å². The van der Waals surface area contributed by atoms with E-state index in [0.717, 1.165) is 6.07 Å². The van der Waals surface area contributed by atoms with E-state index in [1.807, 2.05) is 6.07 Å². The topological polar surface area (TPSA) is 52.9 Å². The van der Waals surface area contributed by atoms with E-state index < -0.39 is 5.82 Å². The Morgan fingerprint density at radius 2 is 1.95 bits per heavy atom. The molecule has 0 aromatic heterocycles. The number of nitrogens with one attached hydrogen (secondary N) is 1. The molecule has 2 aromatic carbocycles. The van der Waals surface area contributed by atoms with Gasteiger partial charge in [-0.05, 0) is 31.2 Å². The summed E-state index contributed by atoms with van der Waals surface area (Å²) in [6.07, 6.45) is 0. The zero-order chi connectivity index (χ0) is 13.8. The molecule has 0 fully saturated rings. The van der Waals surface area contributed by atoms with Crippen molar-refractivity contribution in [3.63, 3.8) is 0 Å². The maximum absolute atomic E-state index is 13.6. The fourth-order valence-corrected chi connectivity index (χ4v) is 1.66. The van der Waals surface area contributed by atoms with Gasteiger partial charge >= 0.3 is 0 Å². The second-order valence-corrected chi connectivity index (χ2v) is 4.06. The SMILES string of the molecule is Cc1c(F)cc(C#N)cc1NC(=O)c1ccccc1. The molecule has 0 spiro atoms. The van der Waals surface area contributed by atoms with Gasteiger partial charge in [0.2, 0.25) is 0 Å². The van der Waals surface area contributed by atoms with Crippen LogP contribution in [-0.2, 0) is 0 Å². The van der Waals surface area contributed by atoms with Crippen molar-refractivity contribution in [1.29, 1.82) is 5.26 Å². The first-order valence-corrected chi connectivity index (χ1v) is 5.68. The number of nitrogens with zero attached hydrogens (tertiary/aromatic N) is 1. The zero-order valence-corrected chi connectivity index (χ0v) is 10.3. The number of hydrogen-bond acceptors (Lipinski definition) is 2. The molecule has 2 aromatic rings. The summed E-state index contributed by atoms with van der Waals surface area (Å²) in [6.45, 7) is 1.55. The summed E-state index contributed by atoms with van der Waals surface area (Å²) in [7, 11) is 0. The van der Waals surface area contributed by atoms with E-state index in [-0.39, 0.29) is 11.5 Å². The van der Waals surface area contributed by atoms with Gasteiger partial charge in [0.15, 0.2) is 0 Å². The maximum Gasteiger partial charge on any atom is 0.255 e. The average Bonchev–Trinajstić information content (AvgIpc) is 2.44. The molecule has 2 rings (SSSR count). The Bertz CT molecular complexity index is 660. The Hall–Kier alpha value is -2.67. The average molecular weight is 254 g/mol. The van der Waals surface area contributed by atoms with Crippen molar-refractivity contribution >= 4 is 11.6 Å². The quantitative estimate of drug-likeness (QED) is 0.894. The molecule has 0 radical (unpaired) electrons. The molecule has 0 unspecified atom stereocenters. The number of anilines is 1. The molecule has 94 valence electrons. The van der Waals surface area contributed by atoms with Gasteiger partial charge in [0.1, 0.15) is 5.82 Å². The van der Waals surface area contributed by atoms with Crippen molar-refractivity contribution < 1.29 is 9.18 Å². The third-order valence-corrected chi connectivity index (χ3v) is 2.76. The second kappa shape index (κ2) is 5.32. The number of hydrogen-bond donors (Lipinski definition) is 1. The zero-order valence-electron chi connectivity index (χ0n) is 10.3. The van der Waals surface area contributed by atoms with Crippen molar-refractivity contribution in [1.82, 2.24) is 0 Å². The lowest BCUT2D eigenvalue weighted by Crippen LogP contribution is -2.13. The van der Waals surface area contributed by atoms with Crippen molar-refractivity contribution in [2.45, 2.75) is 6.92 Å². The lowest BCUT2D eigenvalue weighted by atomic mass is 10.1. The minimum atomic E-state index is -0.512. The van der Waals surface area contributed by atoms with Gasteiger partial charge in [-0.1, -0.05) is 18.2 Å². The number of halogens is 1. The van der Waals surface area contributed by atoms with E-state index in [1.165, 1.54) is 6.07 Å². The van der Waals surface area contributed by atoms with Gasteiger partial charge in [0.25, 0.3) is 5.91 Å². The highest BCUT2D eigenvalue weighted by Crippen LogP contribution is 2.21. The smallest absolute Gasteiger partial charge is 0.255 e. The van der Waals surface area contributed by atoms with Crippen LogP contribution < -0.4 is 5.32 Å². The van der Waals surface area contributed by atoms with Crippen molar-refractivity contribution in [2.75, 3.05) is 5.32 Å². The summed E-state index contributed by atoms with van der Waals surface area (Å²) in [5, 5.41) is 11.4. The molecular weight excluding hydrogens is 243 g/mol. The highest BCUT2D eigenvalue weighted by molar-refractivity contribution is 6.04. The maximum atomic E-state index is 13.6. The molecule has 0 aliphatic rings. The Morgan fingerprint density at radius 3 is 2.58 bits per heavy atom. The molecule has 19 heavy (non-hydrogen) atoms. The van der Waals surface area contributed by atoms with Crippen molar-refractivity contribution in [3.05, 3.63) is 65.0 Å². The first-order valence-electron chi connectivity index (χ1n) is 5.68. The molecule has 1 N–H and O–H groups in total. The molecular formula is C15H11FN2O. The summed E-state index contributed by atoms with van der Waals surface area (Å²) in [5.41, 5.74) is 1.27. The largest absolute Gasteiger partial charge is 0.322 e. The van der Waals surface area contributed by atoms with Crippen LogP contribution in [0.25, 0.3) is 0 Å². The molecule has 0 saturated heterocycles. The van der Waals surface area contributed by atoms with Crippen LogP contribution in [0, 0.1) is 24.1 Å². The molecule has 0 atom stereocenters. The Balaban J connectivity index is 2.32. The monoisotopic (exact) mass is 254 g/mol. The first kappa shape index (κ1) is 12.8. The number of carbonyl (C=O) groups excluding carboxylic acids is 1. The first-order chi connectivity index (χ1) is 9.11. The summed E-state index contributed by atoms with van der Waals surface area (Å²) >= 11 is 0. The summed E-state index contributed by atoms with van der Waals surface area (Å²) < 4.78 is 13.6. The lowest BCUT2D eigenvalue weighted by Gasteiger charge is -2.09. The predicted octanol–water partition coefficient (Wildman–Crippen LogP) is 3.26. The van der Waals surface area contributed by atoms with Crippen LogP contribution in [0.5, 0.6) is 0 Å². The molecule has 0 saturated carbocycles. The van der Waals surface area contributed by atoms with E-state index in [0.29, 0.717) is 16.8 Å². The third kappa shape index (κ3) is 2.78. The van der Waals surface area contributed by atoms with Crippen LogP contribution in [-0.4, -0.2) is 5.91 Å². The molecule has 0 bridgehead atoms. The van der Waals surface area contributed by atoms with E-state index in [9.17, 15) is 9.18 Å². The minimum absolute atomic E-state index is 0.173. The van der Waals surface area contributed by atoms with Crippen LogP contribution in [0.3, 0.4) is 0 Å². The number of rotatable bonds is 2. The number of carbonyl (C=O) groups is 1. The van der Waals surface area contributed by atoms with E-state index in [1.54, 1.807) is 37.3 Å². The van der Waals surface area contributed by atoms with Crippen molar-refractivity contribution in [3.8, 4) is 6.07 Å². The van der Waals surface area contributed by atoms with Crippen LogP contribution in [0.1, 0.15) is 21.5 Å². The van der Waals surface area contributed by atoms with E-state index in [2.05, 4.69) is 5.32 Å². The normalized spacial score (nSPS) is 9.74. The lowest BCUT2D eigenvalue weighted by molar-refractivity contribution is 0.102. The standard InChI is InChI=1S/C15H11FN2O/c1-10-13(16)7-11(9-17)8-14(10)18-15(19)12-5-3-2-4-6-12/h2-8H,1H3,(H,18,19). The minimum Gasteiger partial charge on any atom is -0.322 e. The fourth-order valence-electron chi connectivity index (χ4n) is 1.66. The summed E-state index contributed by atoms with van der Waals surface area (Å²) in [6, 6.07) is 13.1. The Labute approximate surface area is 110 Å². The van der Waals surface area contributed by atoms with Gasteiger partial charge in [-0.15, -0.1) is 0 Å². The van der Waals surface area contributed by atoms with Crippen molar-refractivity contribution in [2.24, 2.45) is 0 Å². The molecule has 4 heteroatoms. The van der Waals surface area contributed by atoms with Gasteiger partial charge < -0.3 is 5.32 Å². The number of amides is 1. The highest BCUT2D eigenvalue weighted by atomic mass is 19.1. The Kier molecular flexibility index (Phi) is 3.58. The van der Waals surface area contributed by atoms with E-state index >= 15 is 0 Å². The Morgan fingerprint density at radius 1 is 1.26 bits per heavy atom. The van der Waals surface area contributed by atoms with Gasteiger partial charge in [-0.2, -0.15) is 5.26 Å². The van der Waals surface area contributed by atoms with Gasteiger partial charge in [0.05, 0.1) is 11.6 Å². The summed E-state index contributed by atoms with van der Waals surface area (Å²) in [4.78, 5) is 12.0. The van der Waals surface area contributed by atoms with Gasteiger partial charge in [-0.3, -0.25) is 4.79 Å². The third-order valence-electron chi connectivity index (χ3n) is 2.76. The highest BCUT2D eigenvalue weighted by Gasteiger charge is 2.11. The molecule has 3 nitrogen and oxygen atoms in total. The fraction of sp³-hybridized carbons (Fsp3) is 0.0667. The van der Waals surface area contributed by atoms with E-state index in [4.69, 9.17) is 5.26 Å². The molecule has 0 aliphatic heterocycles. The predicted molar refractivity (Wildman–Crippen MR) is 70.2 cm³/mol. The molecule has 1 amide bonds. The molecule has 0 aliphatic carbocycles. The van der Waals surface area contributed by atoms with Crippen LogP contribution in [0.15, 0.2) is 42.5 Å². The van der Waals surface area contributed by atoms with Crippen LogP contribution in [0.2, 0.25) is 0 Å². The number of nitriles is 1. The second-order valence-electron chi connectivity index (χ2n) is 4.06. The number of benzene rings is 2.